The summed E-state index contributed by atoms with van der Waals surface area (Å²) in [7, 11) is -3.37. The lowest BCUT2D eigenvalue weighted by atomic mass is 10.2. The standard InChI is InChI=1S/C20H21N3O3S/c1-3-27(25,26)18-11-7-10-17(13-18)20(24)21-19-12-15(2)22-23(19)14-16-8-5-4-6-9-16/h4-13H,3,14H2,1-2H3,(H,21,24). The molecule has 0 atom stereocenters. The van der Waals surface area contributed by atoms with Crippen LogP contribution in [0.5, 0.6) is 0 Å². The van der Waals surface area contributed by atoms with Crippen LogP contribution in [-0.2, 0) is 16.4 Å². The molecule has 0 spiro atoms. The minimum Gasteiger partial charge on any atom is -0.307 e. The summed E-state index contributed by atoms with van der Waals surface area (Å²) in [6, 6.07) is 17.7. The normalized spacial score (nSPS) is 11.3. The monoisotopic (exact) mass is 383 g/mol. The molecule has 0 aliphatic carbocycles. The van der Waals surface area contributed by atoms with E-state index in [0.29, 0.717) is 12.4 Å². The van der Waals surface area contributed by atoms with E-state index >= 15 is 0 Å². The van der Waals surface area contributed by atoms with Gasteiger partial charge in [0, 0.05) is 11.6 Å². The maximum atomic E-state index is 12.6. The van der Waals surface area contributed by atoms with Gasteiger partial charge in [-0.25, -0.2) is 13.1 Å². The number of aryl methyl sites for hydroxylation is 1. The van der Waals surface area contributed by atoms with Gasteiger partial charge in [-0.05, 0) is 30.7 Å². The number of benzene rings is 2. The Morgan fingerprint density at radius 3 is 2.52 bits per heavy atom. The van der Waals surface area contributed by atoms with Gasteiger partial charge < -0.3 is 5.32 Å². The van der Waals surface area contributed by atoms with Gasteiger partial charge in [-0.3, -0.25) is 4.79 Å². The number of hydrogen-bond acceptors (Lipinski definition) is 4. The lowest BCUT2D eigenvalue weighted by Gasteiger charge is -2.10. The van der Waals surface area contributed by atoms with Crippen molar-refractivity contribution in [3.63, 3.8) is 0 Å². The van der Waals surface area contributed by atoms with Crippen LogP contribution >= 0.6 is 0 Å². The number of amides is 1. The molecule has 1 heterocycles. The minimum atomic E-state index is -3.37. The summed E-state index contributed by atoms with van der Waals surface area (Å²) in [5.41, 5.74) is 2.13. The van der Waals surface area contributed by atoms with Crippen molar-refractivity contribution < 1.29 is 13.2 Å². The third kappa shape index (κ3) is 4.43. The molecule has 6 nitrogen and oxygen atoms in total. The van der Waals surface area contributed by atoms with Gasteiger partial charge >= 0.3 is 0 Å². The summed E-state index contributed by atoms with van der Waals surface area (Å²) in [5, 5.41) is 7.26. The lowest BCUT2D eigenvalue weighted by molar-refractivity contribution is 0.102. The average molecular weight is 383 g/mol. The van der Waals surface area contributed by atoms with Crippen LogP contribution < -0.4 is 5.32 Å². The lowest BCUT2D eigenvalue weighted by Crippen LogP contribution is -2.17. The van der Waals surface area contributed by atoms with Crippen molar-refractivity contribution in [3.05, 3.63) is 77.5 Å². The fourth-order valence-corrected chi connectivity index (χ4v) is 3.63. The molecule has 1 N–H and O–H groups in total. The molecule has 7 heteroatoms. The Morgan fingerprint density at radius 2 is 1.81 bits per heavy atom. The van der Waals surface area contributed by atoms with Crippen LogP contribution in [0.4, 0.5) is 5.82 Å². The highest BCUT2D eigenvalue weighted by molar-refractivity contribution is 7.91. The molecule has 0 saturated heterocycles. The van der Waals surface area contributed by atoms with E-state index in [1.165, 1.54) is 12.1 Å². The number of rotatable bonds is 6. The summed E-state index contributed by atoms with van der Waals surface area (Å²) >= 11 is 0. The summed E-state index contributed by atoms with van der Waals surface area (Å²) in [6.07, 6.45) is 0. The zero-order valence-electron chi connectivity index (χ0n) is 15.2. The first-order valence-corrected chi connectivity index (χ1v) is 10.3. The number of nitrogens with zero attached hydrogens (tertiary/aromatic N) is 2. The van der Waals surface area contributed by atoms with Crippen molar-refractivity contribution in [3.8, 4) is 0 Å². The molecule has 0 aliphatic heterocycles. The molecule has 3 rings (SSSR count). The molecule has 1 aromatic heterocycles. The summed E-state index contributed by atoms with van der Waals surface area (Å²) in [4.78, 5) is 12.8. The van der Waals surface area contributed by atoms with Gasteiger partial charge in [0.05, 0.1) is 22.9 Å². The zero-order chi connectivity index (χ0) is 19.4. The summed E-state index contributed by atoms with van der Waals surface area (Å²) in [6.45, 7) is 3.95. The first-order valence-electron chi connectivity index (χ1n) is 8.61. The third-order valence-electron chi connectivity index (χ3n) is 4.15. The van der Waals surface area contributed by atoms with E-state index in [9.17, 15) is 13.2 Å². The highest BCUT2D eigenvalue weighted by Crippen LogP contribution is 2.17. The van der Waals surface area contributed by atoms with Gasteiger partial charge in [0.25, 0.3) is 5.91 Å². The highest BCUT2D eigenvalue weighted by atomic mass is 32.2. The van der Waals surface area contributed by atoms with Gasteiger partial charge in [0.2, 0.25) is 0 Å². The number of carbonyl (C=O) groups is 1. The van der Waals surface area contributed by atoms with Crippen molar-refractivity contribution in [1.29, 1.82) is 0 Å². The Labute approximate surface area is 158 Å². The molecule has 3 aromatic rings. The van der Waals surface area contributed by atoms with Crippen LogP contribution in [0.15, 0.2) is 65.6 Å². The van der Waals surface area contributed by atoms with E-state index in [0.717, 1.165) is 11.3 Å². The maximum Gasteiger partial charge on any atom is 0.256 e. The van der Waals surface area contributed by atoms with E-state index in [1.54, 1.807) is 29.8 Å². The predicted octanol–water partition coefficient (Wildman–Crippen LogP) is 3.29. The largest absolute Gasteiger partial charge is 0.307 e. The quantitative estimate of drug-likeness (QED) is 0.708. The number of hydrogen-bond donors (Lipinski definition) is 1. The van der Waals surface area contributed by atoms with Crippen molar-refractivity contribution in [1.82, 2.24) is 9.78 Å². The van der Waals surface area contributed by atoms with Crippen molar-refractivity contribution in [2.45, 2.75) is 25.3 Å². The molecule has 1 amide bonds. The first-order chi connectivity index (χ1) is 12.9. The van der Waals surface area contributed by atoms with Gasteiger partial charge in [-0.2, -0.15) is 5.10 Å². The smallest absolute Gasteiger partial charge is 0.256 e. The van der Waals surface area contributed by atoms with Crippen LogP contribution in [0.2, 0.25) is 0 Å². The van der Waals surface area contributed by atoms with Crippen LogP contribution in [0, 0.1) is 6.92 Å². The van der Waals surface area contributed by atoms with E-state index < -0.39 is 9.84 Å². The molecule has 0 fully saturated rings. The molecule has 0 unspecified atom stereocenters. The number of carbonyl (C=O) groups excluding carboxylic acids is 1. The predicted molar refractivity (Wildman–Crippen MR) is 105 cm³/mol. The molecule has 2 aromatic carbocycles. The van der Waals surface area contributed by atoms with Crippen LogP contribution in [-0.4, -0.2) is 29.9 Å². The Hall–Kier alpha value is -2.93. The third-order valence-corrected chi connectivity index (χ3v) is 5.89. The number of anilines is 1. The second-order valence-corrected chi connectivity index (χ2v) is 8.48. The van der Waals surface area contributed by atoms with E-state index in [-0.39, 0.29) is 22.1 Å². The molecule has 0 radical (unpaired) electrons. The molecular formula is C20H21N3O3S. The second-order valence-electron chi connectivity index (χ2n) is 6.20. The van der Waals surface area contributed by atoms with Gasteiger partial charge in [0.1, 0.15) is 5.82 Å². The van der Waals surface area contributed by atoms with E-state index in [1.807, 2.05) is 37.3 Å². The molecular weight excluding hydrogens is 362 g/mol. The first kappa shape index (κ1) is 18.8. The zero-order valence-corrected chi connectivity index (χ0v) is 16.0. The van der Waals surface area contributed by atoms with Crippen LogP contribution in [0.25, 0.3) is 0 Å². The number of aromatic nitrogens is 2. The Balaban J connectivity index is 1.84. The SMILES string of the molecule is CCS(=O)(=O)c1cccc(C(=O)Nc2cc(C)nn2Cc2ccccc2)c1. The maximum absolute atomic E-state index is 12.6. The minimum absolute atomic E-state index is 0.0128. The second kappa shape index (κ2) is 7.75. The summed E-state index contributed by atoms with van der Waals surface area (Å²) < 4.78 is 25.8. The Kier molecular flexibility index (Phi) is 5.41. The Bertz CT molecular complexity index is 1060. The van der Waals surface area contributed by atoms with E-state index in [2.05, 4.69) is 10.4 Å². The molecule has 0 saturated carbocycles. The van der Waals surface area contributed by atoms with Crippen molar-refractivity contribution in [2.75, 3.05) is 11.1 Å². The van der Waals surface area contributed by atoms with Crippen molar-refractivity contribution in [2.24, 2.45) is 0 Å². The van der Waals surface area contributed by atoms with Crippen molar-refractivity contribution >= 4 is 21.6 Å². The fraction of sp³-hybridized carbons (Fsp3) is 0.200. The molecule has 0 bridgehead atoms. The highest BCUT2D eigenvalue weighted by Gasteiger charge is 2.16. The molecule has 0 aliphatic rings. The van der Waals surface area contributed by atoms with Gasteiger partial charge in [-0.15, -0.1) is 0 Å². The van der Waals surface area contributed by atoms with Crippen LogP contribution in [0.3, 0.4) is 0 Å². The topological polar surface area (TPSA) is 81.1 Å². The molecule has 140 valence electrons. The average Bonchev–Trinajstić information content (AvgIpc) is 3.01. The van der Waals surface area contributed by atoms with E-state index in [4.69, 9.17) is 0 Å². The van der Waals surface area contributed by atoms with Crippen LogP contribution in [0.1, 0.15) is 28.5 Å². The summed E-state index contributed by atoms with van der Waals surface area (Å²) in [5.74, 6) is 0.170. The number of sulfone groups is 1. The number of nitrogens with one attached hydrogen (secondary N) is 1. The fourth-order valence-electron chi connectivity index (χ4n) is 2.71. The van der Waals surface area contributed by atoms with Gasteiger partial charge in [0.15, 0.2) is 9.84 Å². The molecule has 27 heavy (non-hydrogen) atoms. The van der Waals surface area contributed by atoms with Gasteiger partial charge in [-0.1, -0.05) is 43.3 Å². The Morgan fingerprint density at radius 1 is 1.07 bits per heavy atom.